The Bertz CT molecular complexity index is 1260. The van der Waals surface area contributed by atoms with E-state index < -0.39 is 23.6 Å². The zero-order valence-electron chi connectivity index (χ0n) is 21.6. The normalized spacial score (nSPS) is 15.7. The maximum absolute atomic E-state index is 13.6. The number of fused-ring (bicyclic) bond motifs is 1. The molecule has 5 nitrogen and oxygen atoms in total. The maximum atomic E-state index is 13.6. The molecule has 0 radical (unpaired) electrons. The van der Waals surface area contributed by atoms with Crippen molar-refractivity contribution in [1.29, 1.82) is 0 Å². The molecular formula is C30H33F3N2O3. The van der Waals surface area contributed by atoms with E-state index in [-0.39, 0.29) is 18.3 Å². The molecule has 1 heterocycles. The van der Waals surface area contributed by atoms with E-state index in [1.54, 1.807) is 0 Å². The first-order chi connectivity index (χ1) is 18.2. The Morgan fingerprint density at radius 1 is 1.13 bits per heavy atom. The summed E-state index contributed by atoms with van der Waals surface area (Å²) in [5.74, 6) is -0.650. The van der Waals surface area contributed by atoms with E-state index in [0.717, 1.165) is 47.6 Å². The highest BCUT2D eigenvalue weighted by Crippen LogP contribution is 2.41. The number of aryl methyl sites for hydroxylation is 2. The number of nitrogens with one attached hydrogen (secondary N) is 1. The summed E-state index contributed by atoms with van der Waals surface area (Å²) in [6, 6.07) is 15.9. The number of halogens is 3. The molecule has 1 aliphatic rings. The summed E-state index contributed by atoms with van der Waals surface area (Å²) < 4.78 is 46.6. The summed E-state index contributed by atoms with van der Waals surface area (Å²) in [5, 5.41) is 12.4. The van der Waals surface area contributed by atoms with E-state index in [1.807, 2.05) is 56.3 Å². The van der Waals surface area contributed by atoms with Crippen molar-refractivity contribution in [3.8, 4) is 17.0 Å². The van der Waals surface area contributed by atoms with Crippen LogP contribution in [-0.2, 0) is 23.8 Å². The van der Waals surface area contributed by atoms with Gasteiger partial charge >= 0.3 is 12.1 Å². The zero-order valence-corrected chi connectivity index (χ0v) is 21.6. The van der Waals surface area contributed by atoms with Gasteiger partial charge in [-0.05, 0) is 79.0 Å². The molecule has 0 saturated heterocycles. The number of carbonyl (C=O) groups is 1. The third-order valence-corrected chi connectivity index (χ3v) is 7.22. The van der Waals surface area contributed by atoms with Gasteiger partial charge in [0, 0.05) is 12.1 Å². The Morgan fingerprint density at radius 2 is 1.89 bits per heavy atom. The lowest BCUT2D eigenvalue weighted by Gasteiger charge is -2.19. The lowest BCUT2D eigenvalue weighted by Crippen LogP contribution is -2.19. The first-order valence-corrected chi connectivity index (χ1v) is 13.1. The quantitative estimate of drug-likeness (QED) is 0.256. The second kappa shape index (κ2) is 11.9. The third-order valence-electron chi connectivity index (χ3n) is 7.22. The van der Waals surface area contributed by atoms with Gasteiger partial charge < -0.3 is 15.2 Å². The van der Waals surface area contributed by atoms with Crippen LogP contribution in [0.2, 0.25) is 0 Å². The second-order valence-corrected chi connectivity index (χ2v) is 9.63. The molecule has 2 aromatic carbocycles. The largest absolute Gasteiger partial charge is 0.494 e. The number of hydrogen-bond donors (Lipinski definition) is 2. The number of anilines is 1. The molecule has 202 valence electrons. The summed E-state index contributed by atoms with van der Waals surface area (Å²) in [6.45, 7) is 4.52. The Labute approximate surface area is 221 Å². The lowest BCUT2D eigenvalue weighted by atomic mass is 9.85. The fourth-order valence-electron chi connectivity index (χ4n) is 5.13. The Kier molecular flexibility index (Phi) is 8.59. The molecule has 8 heteroatoms. The first kappa shape index (κ1) is 27.5. The van der Waals surface area contributed by atoms with Crippen molar-refractivity contribution in [2.45, 2.75) is 58.0 Å². The maximum Gasteiger partial charge on any atom is 0.419 e. The fourth-order valence-corrected chi connectivity index (χ4v) is 5.13. The Hall–Kier alpha value is -3.55. The molecule has 0 aliphatic heterocycles. The van der Waals surface area contributed by atoms with Crippen molar-refractivity contribution in [1.82, 2.24) is 4.98 Å². The molecule has 1 unspecified atom stereocenters. The number of nitrogens with zero attached hydrogens (tertiary/aromatic N) is 1. The number of aliphatic carboxylic acids is 1. The molecule has 1 aliphatic carbocycles. The highest BCUT2D eigenvalue weighted by Gasteiger charge is 2.35. The van der Waals surface area contributed by atoms with Crippen LogP contribution in [0.1, 0.15) is 61.3 Å². The zero-order chi connectivity index (χ0) is 27.3. The average Bonchev–Trinajstić information content (AvgIpc) is 3.31. The summed E-state index contributed by atoms with van der Waals surface area (Å²) in [7, 11) is 0. The van der Waals surface area contributed by atoms with Crippen molar-refractivity contribution >= 4 is 11.8 Å². The van der Waals surface area contributed by atoms with Gasteiger partial charge in [-0.2, -0.15) is 13.2 Å². The van der Waals surface area contributed by atoms with Gasteiger partial charge in [-0.1, -0.05) is 44.2 Å². The van der Waals surface area contributed by atoms with Crippen LogP contribution in [0.15, 0.2) is 54.6 Å². The van der Waals surface area contributed by atoms with Crippen LogP contribution in [0.5, 0.6) is 5.75 Å². The molecule has 0 amide bonds. The molecule has 1 aromatic heterocycles. The minimum Gasteiger partial charge on any atom is -0.494 e. The summed E-state index contributed by atoms with van der Waals surface area (Å²) in [4.78, 5) is 15.9. The molecule has 2 N–H and O–H groups in total. The van der Waals surface area contributed by atoms with Crippen LogP contribution < -0.4 is 10.1 Å². The molecule has 3 aromatic rings. The molecule has 0 saturated carbocycles. The minimum absolute atomic E-state index is 0.0152. The highest BCUT2D eigenvalue weighted by molar-refractivity contribution is 5.72. The van der Waals surface area contributed by atoms with Crippen molar-refractivity contribution in [2.24, 2.45) is 5.92 Å². The predicted molar refractivity (Wildman–Crippen MR) is 142 cm³/mol. The van der Waals surface area contributed by atoms with Crippen molar-refractivity contribution in [3.05, 3.63) is 76.9 Å². The standard InChI is InChI=1S/C30H33F3N2O3/c1-3-19-6-8-20(9-7-19)27-15-14-26(30(31,32)33)28(35-27)34-16-5-17-38-22-11-13-24-21(18-22)10-12-25(24)23(4-2)29(36)37/h6-9,11,13-15,18,23,25H,3-5,10,12,16-17H2,1-2H3,(H,34,35)(H,36,37)/t23?,25-/m0/s1. The second-order valence-electron chi connectivity index (χ2n) is 9.63. The number of benzene rings is 2. The van der Waals surface area contributed by atoms with Gasteiger partial charge in [0.2, 0.25) is 0 Å². The van der Waals surface area contributed by atoms with Crippen LogP contribution in [0.25, 0.3) is 11.3 Å². The summed E-state index contributed by atoms with van der Waals surface area (Å²) >= 11 is 0. The minimum atomic E-state index is -4.52. The number of rotatable bonds is 11. The number of hydrogen-bond acceptors (Lipinski definition) is 4. The molecule has 4 rings (SSSR count). The van der Waals surface area contributed by atoms with Crippen LogP contribution in [-0.4, -0.2) is 29.2 Å². The van der Waals surface area contributed by atoms with Gasteiger partial charge in [-0.3, -0.25) is 4.79 Å². The smallest absolute Gasteiger partial charge is 0.419 e. The van der Waals surface area contributed by atoms with Crippen molar-refractivity contribution in [3.63, 3.8) is 0 Å². The Balaban J connectivity index is 1.36. The van der Waals surface area contributed by atoms with Crippen LogP contribution in [0.3, 0.4) is 0 Å². The number of carboxylic acids is 1. The van der Waals surface area contributed by atoms with Gasteiger partial charge in [0.15, 0.2) is 0 Å². The van der Waals surface area contributed by atoms with Crippen LogP contribution in [0, 0.1) is 5.92 Å². The van der Waals surface area contributed by atoms with E-state index in [4.69, 9.17) is 4.74 Å². The monoisotopic (exact) mass is 526 g/mol. The highest BCUT2D eigenvalue weighted by atomic mass is 19.4. The number of carboxylic acid groups (broad SMARTS) is 1. The molecule has 0 bridgehead atoms. The van der Waals surface area contributed by atoms with E-state index in [2.05, 4.69) is 10.3 Å². The first-order valence-electron chi connectivity index (χ1n) is 13.1. The molecule has 38 heavy (non-hydrogen) atoms. The number of aromatic nitrogens is 1. The van der Waals surface area contributed by atoms with Gasteiger partial charge in [0.25, 0.3) is 0 Å². The van der Waals surface area contributed by atoms with Crippen molar-refractivity contribution < 1.29 is 27.8 Å². The van der Waals surface area contributed by atoms with Gasteiger partial charge in [-0.15, -0.1) is 0 Å². The lowest BCUT2D eigenvalue weighted by molar-refractivity contribution is -0.142. The molecule has 0 spiro atoms. The number of pyridine rings is 1. The van der Waals surface area contributed by atoms with Gasteiger partial charge in [0.05, 0.1) is 23.8 Å². The topological polar surface area (TPSA) is 71.5 Å². The van der Waals surface area contributed by atoms with E-state index in [9.17, 15) is 23.1 Å². The molecule has 2 atom stereocenters. The van der Waals surface area contributed by atoms with E-state index in [1.165, 1.54) is 6.07 Å². The SMILES string of the molecule is CCc1ccc(-c2ccc(C(F)(F)F)c(NCCCOc3ccc4c(c3)CC[C@H]4C(CC)C(=O)O)n2)cc1. The molecular weight excluding hydrogens is 493 g/mol. The van der Waals surface area contributed by atoms with Crippen molar-refractivity contribution in [2.75, 3.05) is 18.5 Å². The third kappa shape index (κ3) is 6.29. The Morgan fingerprint density at radius 3 is 2.55 bits per heavy atom. The fraction of sp³-hybridized carbons (Fsp3) is 0.400. The predicted octanol–water partition coefficient (Wildman–Crippen LogP) is 7.35. The van der Waals surface area contributed by atoms with E-state index >= 15 is 0 Å². The number of ether oxygens (including phenoxy) is 1. The summed E-state index contributed by atoms with van der Waals surface area (Å²) in [5.41, 5.74) is 3.76. The molecule has 0 fully saturated rings. The average molecular weight is 527 g/mol. The van der Waals surface area contributed by atoms with Crippen LogP contribution in [0.4, 0.5) is 19.0 Å². The summed E-state index contributed by atoms with van der Waals surface area (Å²) in [6.07, 6.45) is -0.952. The van der Waals surface area contributed by atoms with E-state index in [0.29, 0.717) is 30.9 Å². The number of alkyl halides is 3. The van der Waals surface area contributed by atoms with Gasteiger partial charge in [0.1, 0.15) is 11.6 Å². The van der Waals surface area contributed by atoms with Gasteiger partial charge in [-0.25, -0.2) is 4.98 Å². The van der Waals surface area contributed by atoms with Crippen LogP contribution >= 0.6 is 0 Å².